The van der Waals surface area contributed by atoms with Gasteiger partial charge in [-0.25, -0.2) is 18.4 Å². The van der Waals surface area contributed by atoms with E-state index in [1.165, 1.54) is 0 Å². The molecule has 164 valence electrons. The molecule has 0 aliphatic heterocycles. The highest BCUT2D eigenvalue weighted by molar-refractivity contribution is 5.87. The second kappa shape index (κ2) is 10.1. The van der Waals surface area contributed by atoms with Crippen LogP contribution in [0.4, 0.5) is 30.7 Å². The quantitative estimate of drug-likeness (QED) is 0.152. The summed E-state index contributed by atoms with van der Waals surface area (Å²) in [6.07, 6.45) is -7.22. The summed E-state index contributed by atoms with van der Waals surface area (Å²) in [6, 6.07) is 0. The van der Waals surface area contributed by atoms with Crippen LogP contribution in [0.3, 0.4) is 0 Å². The molecule has 1 unspecified atom stereocenters. The summed E-state index contributed by atoms with van der Waals surface area (Å²) in [4.78, 5) is 23.2. The first-order valence-electron chi connectivity index (χ1n) is 8.13. The number of halogens is 7. The van der Waals surface area contributed by atoms with E-state index in [4.69, 9.17) is 0 Å². The van der Waals surface area contributed by atoms with E-state index in [0.717, 1.165) is 0 Å². The van der Waals surface area contributed by atoms with Crippen molar-refractivity contribution in [2.45, 2.75) is 63.3 Å². The standard InChI is InChI=1S/C16H21F7O5/c1-4-6-9-26-12(25)15(16(21,22)23,28-11(24)5-2)27-10-7-8-14(19,20)13(3,17)18/h5H,2,4,6-10H2,1,3H3. The lowest BCUT2D eigenvalue weighted by Crippen LogP contribution is -2.58. The minimum atomic E-state index is -5.65. The predicted octanol–water partition coefficient (Wildman–Crippen LogP) is 4.40. The van der Waals surface area contributed by atoms with Crippen molar-refractivity contribution in [1.82, 2.24) is 0 Å². The number of ether oxygens (including phenoxy) is 3. The minimum Gasteiger partial charge on any atom is -0.461 e. The fourth-order valence-electron chi connectivity index (χ4n) is 1.70. The van der Waals surface area contributed by atoms with E-state index in [1.807, 2.05) is 0 Å². The Morgan fingerprint density at radius 3 is 2.00 bits per heavy atom. The molecule has 0 aromatic carbocycles. The molecule has 0 saturated carbocycles. The molecule has 1 atom stereocenters. The fourth-order valence-corrected chi connectivity index (χ4v) is 1.70. The lowest BCUT2D eigenvalue weighted by molar-refractivity contribution is -0.355. The zero-order valence-electron chi connectivity index (χ0n) is 15.2. The molecule has 0 radical (unpaired) electrons. The van der Waals surface area contributed by atoms with Crippen LogP contribution in [0.1, 0.15) is 39.5 Å². The Kier molecular flexibility index (Phi) is 9.41. The number of hydrogen-bond donors (Lipinski definition) is 0. The zero-order chi connectivity index (χ0) is 22.2. The number of alkyl halides is 7. The summed E-state index contributed by atoms with van der Waals surface area (Å²) in [7, 11) is 0. The molecular weight excluding hydrogens is 405 g/mol. The van der Waals surface area contributed by atoms with Crippen LogP contribution in [0.15, 0.2) is 12.7 Å². The molecule has 0 N–H and O–H groups in total. The van der Waals surface area contributed by atoms with Crippen LogP contribution in [0.2, 0.25) is 0 Å². The highest BCUT2D eigenvalue weighted by atomic mass is 19.4. The van der Waals surface area contributed by atoms with Crippen molar-refractivity contribution >= 4 is 11.9 Å². The molecule has 12 heteroatoms. The van der Waals surface area contributed by atoms with Crippen molar-refractivity contribution in [3.05, 3.63) is 12.7 Å². The molecule has 0 aromatic heterocycles. The molecule has 0 aromatic rings. The zero-order valence-corrected chi connectivity index (χ0v) is 15.2. The lowest BCUT2D eigenvalue weighted by Gasteiger charge is -2.32. The van der Waals surface area contributed by atoms with E-state index in [9.17, 15) is 40.3 Å². The Hall–Kier alpha value is -1.85. The molecule has 5 nitrogen and oxygen atoms in total. The third-order valence-electron chi connectivity index (χ3n) is 3.37. The van der Waals surface area contributed by atoms with E-state index in [0.29, 0.717) is 12.5 Å². The number of rotatable bonds is 12. The van der Waals surface area contributed by atoms with Gasteiger partial charge in [-0.1, -0.05) is 19.9 Å². The number of hydrogen-bond acceptors (Lipinski definition) is 5. The lowest BCUT2D eigenvalue weighted by atomic mass is 10.1. The maximum atomic E-state index is 13.5. The maximum absolute atomic E-state index is 13.5. The van der Waals surface area contributed by atoms with Crippen LogP contribution in [0.5, 0.6) is 0 Å². The Bertz CT molecular complexity index is 542. The van der Waals surface area contributed by atoms with Crippen LogP contribution < -0.4 is 0 Å². The first-order chi connectivity index (χ1) is 12.6. The van der Waals surface area contributed by atoms with Gasteiger partial charge in [0.1, 0.15) is 0 Å². The molecular formula is C16H21F7O5. The van der Waals surface area contributed by atoms with E-state index in [1.54, 1.807) is 6.92 Å². The minimum absolute atomic E-state index is 0.0508. The molecule has 0 heterocycles. The number of unbranched alkanes of at least 4 members (excludes halogenated alkanes) is 1. The Labute approximate surface area is 156 Å². The Morgan fingerprint density at radius 1 is 1.00 bits per heavy atom. The molecule has 0 saturated heterocycles. The third-order valence-corrected chi connectivity index (χ3v) is 3.37. The number of carbonyl (C=O) groups is 2. The highest BCUT2D eigenvalue weighted by Gasteiger charge is 2.67. The topological polar surface area (TPSA) is 61.8 Å². The van der Waals surface area contributed by atoms with Crippen LogP contribution in [0, 0.1) is 0 Å². The van der Waals surface area contributed by atoms with Crippen molar-refractivity contribution in [1.29, 1.82) is 0 Å². The van der Waals surface area contributed by atoms with Crippen LogP contribution in [0.25, 0.3) is 0 Å². The third kappa shape index (κ3) is 6.95. The average Bonchev–Trinajstić information content (AvgIpc) is 2.55. The Morgan fingerprint density at radius 2 is 1.57 bits per heavy atom. The molecule has 0 fully saturated rings. The van der Waals surface area contributed by atoms with Gasteiger partial charge in [0.25, 0.3) is 0 Å². The average molecular weight is 426 g/mol. The van der Waals surface area contributed by atoms with Crippen molar-refractivity contribution in [2.75, 3.05) is 13.2 Å². The van der Waals surface area contributed by atoms with E-state index in [-0.39, 0.29) is 13.3 Å². The molecule has 28 heavy (non-hydrogen) atoms. The number of carbonyl (C=O) groups excluding carboxylic acids is 2. The SMILES string of the molecule is C=CC(=O)OC(OCCCC(F)(F)C(C)(F)F)(C(=O)OCCCC)C(F)(F)F. The summed E-state index contributed by atoms with van der Waals surface area (Å²) in [6.45, 7) is 2.78. The summed E-state index contributed by atoms with van der Waals surface area (Å²) >= 11 is 0. The largest absolute Gasteiger partial charge is 0.468 e. The number of esters is 2. The monoisotopic (exact) mass is 426 g/mol. The molecule has 0 bridgehead atoms. The smallest absolute Gasteiger partial charge is 0.461 e. The predicted molar refractivity (Wildman–Crippen MR) is 81.7 cm³/mol. The molecule has 0 spiro atoms. The van der Waals surface area contributed by atoms with Gasteiger partial charge in [0.05, 0.1) is 13.2 Å². The van der Waals surface area contributed by atoms with Gasteiger partial charge in [-0.15, -0.1) is 0 Å². The summed E-state index contributed by atoms with van der Waals surface area (Å²) in [5.41, 5.74) is 0. The normalized spacial score (nSPS) is 14.9. The highest BCUT2D eigenvalue weighted by Crippen LogP contribution is 2.39. The maximum Gasteiger partial charge on any atom is 0.468 e. The van der Waals surface area contributed by atoms with Gasteiger partial charge in [-0.3, -0.25) is 0 Å². The van der Waals surface area contributed by atoms with Gasteiger partial charge in [0, 0.05) is 19.4 Å². The fraction of sp³-hybridized carbons (Fsp3) is 0.750. The van der Waals surface area contributed by atoms with Gasteiger partial charge in [0.15, 0.2) is 0 Å². The van der Waals surface area contributed by atoms with Gasteiger partial charge in [-0.05, 0) is 12.8 Å². The second-order valence-corrected chi connectivity index (χ2v) is 5.77. The van der Waals surface area contributed by atoms with Gasteiger partial charge >= 0.3 is 35.7 Å². The second-order valence-electron chi connectivity index (χ2n) is 5.77. The first-order valence-corrected chi connectivity index (χ1v) is 8.13. The van der Waals surface area contributed by atoms with Crippen LogP contribution in [-0.2, 0) is 23.8 Å². The van der Waals surface area contributed by atoms with Gasteiger partial charge < -0.3 is 14.2 Å². The van der Waals surface area contributed by atoms with Crippen molar-refractivity contribution in [3.8, 4) is 0 Å². The first kappa shape index (κ1) is 26.1. The summed E-state index contributed by atoms with van der Waals surface area (Å²) in [5, 5.41) is 0. The summed E-state index contributed by atoms with van der Waals surface area (Å²) < 4.78 is 105. The van der Waals surface area contributed by atoms with Gasteiger partial charge in [-0.2, -0.15) is 22.0 Å². The van der Waals surface area contributed by atoms with Crippen LogP contribution >= 0.6 is 0 Å². The van der Waals surface area contributed by atoms with E-state index in [2.05, 4.69) is 20.8 Å². The van der Waals surface area contributed by atoms with Gasteiger partial charge in [0.2, 0.25) is 0 Å². The van der Waals surface area contributed by atoms with E-state index < -0.39 is 61.8 Å². The molecule has 0 rings (SSSR count). The molecule has 0 aliphatic carbocycles. The Balaban J connectivity index is 5.43. The van der Waals surface area contributed by atoms with Crippen LogP contribution in [-0.4, -0.2) is 49.0 Å². The van der Waals surface area contributed by atoms with E-state index >= 15 is 0 Å². The van der Waals surface area contributed by atoms with Crippen molar-refractivity contribution in [2.24, 2.45) is 0 Å². The summed E-state index contributed by atoms with van der Waals surface area (Å²) in [5.74, 6) is -17.0. The van der Waals surface area contributed by atoms with Crippen molar-refractivity contribution in [3.63, 3.8) is 0 Å². The van der Waals surface area contributed by atoms with Crippen molar-refractivity contribution < 1.29 is 54.5 Å². The molecule has 0 aliphatic rings. The molecule has 0 amide bonds.